The summed E-state index contributed by atoms with van der Waals surface area (Å²) in [4.78, 5) is 24.1. The molecule has 0 aromatic heterocycles. The van der Waals surface area contributed by atoms with Gasteiger partial charge < -0.3 is 20.3 Å². The van der Waals surface area contributed by atoms with Crippen molar-refractivity contribution in [2.75, 3.05) is 6.61 Å². The molecule has 0 bridgehead atoms. The molecule has 4 aliphatic carbocycles. The lowest BCUT2D eigenvalue weighted by Crippen LogP contribution is -2.54. The number of rotatable bonds is 5. The lowest BCUT2D eigenvalue weighted by Gasteiger charge is -2.60. The fourth-order valence-corrected chi connectivity index (χ4v) is 8.38. The van der Waals surface area contributed by atoms with Gasteiger partial charge in [-0.3, -0.25) is 4.79 Å². The molecular formula is C25H41NO5. The van der Waals surface area contributed by atoms with E-state index in [0.717, 1.165) is 44.9 Å². The highest BCUT2D eigenvalue weighted by atomic mass is 16.6. The molecule has 6 nitrogen and oxygen atoms in total. The second kappa shape index (κ2) is 8.57. The first kappa shape index (κ1) is 22.9. The van der Waals surface area contributed by atoms with Gasteiger partial charge in [0.05, 0.1) is 5.92 Å². The van der Waals surface area contributed by atoms with E-state index in [1.165, 1.54) is 12.8 Å². The van der Waals surface area contributed by atoms with Gasteiger partial charge in [0.15, 0.2) is 0 Å². The maximum atomic E-state index is 12.2. The third-order valence-corrected chi connectivity index (χ3v) is 10.1. The molecule has 0 saturated heterocycles. The molecule has 0 aromatic carbocycles. The summed E-state index contributed by atoms with van der Waals surface area (Å²) in [5.74, 6) is 1.71. The van der Waals surface area contributed by atoms with Gasteiger partial charge in [-0.15, -0.1) is 0 Å². The molecular weight excluding hydrogens is 394 g/mol. The molecule has 4 unspecified atom stereocenters. The molecule has 0 aromatic rings. The van der Waals surface area contributed by atoms with Crippen LogP contribution < -0.4 is 5.32 Å². The Balaban J connectivity index is 1.40. The Kier molecular flexibility index (Phi) is 6.32. The van der Waals surface area contributed by atoms with E-state index >= 15 is 0 Å². The van der Waals surface area contributed by atoms with Crippen LogP contribution in [-0.4, -0.2) is 41.0 Å². The van der Waals surface area contributed by atoms with Gasteiger partial charge >= 0.3 is 12.1 Å². The van der Waals surface area contributed by atoms with Crippen LogP contribution >= 0.6 is 0 Å². The standard InChI is InChI=1S/C25H41NO5/c1-15(10-13-27)26-23(30)31-17-8-11-24(2)16(14-17)4-5-18-19-6-7-21(22(28)29)25(19,3)12-9-20(18)24/h15-21,27H,4-14H2,1-3H3,(H,26,30)(H,28,29)/t15?,16?,17?,18-,19-,20-,21?,24-,25-/m0/s1. The van der Waals surface area contributed by atoms with Crippen molar-refractivity contribution < 1.29 is 24.5 Å². The monoisotopic (exact) mass is 435 g/mol. The molecule has 1 amide bonds. The van der Waals surface area contributed by atoms with Crippen molar-refractivity contribution in [2.45, 2.75) is 97.1 Å². The first-order valence-corrected chi connectivity index (χ1v) is 12.5. The summed E-state index contributed by atoms with van der Waals surface area (Å²) >= 11 is 0. The van der Waals surface area contributed by atoms with Gasteiger partial charge in [0, 0.05) is 12.6 Å². The van der Waals surface area contributed by atoms with E-state index in [1.807, 2.05) is 6.92 Å². The summed E-state index contributed by atoms with van der Waals surface area (Å²) in [6.45, 7) is 6.67. The number of hydrogen-bond donors (Lipinski definition) is 3. The van der Waals surface area contributed by atoms with Crippen molar-refractivity contribution in [3.8, 4) is 0 Å². The van der Waals surface area contributed by atoms with Gasteiger partial charge in [0.25, 0.3) is 0 Å². The Hall–Kier alpha value is -1.30. The van der Waals surface area contributed by atoms with Gasteiger partial charge in [-0.1, -0.05) is 13.8 Å². The number of alkyl carbamates (subject to hydrolysis) is 1. The van der Waals surface area contributed by atoms with Crippen molar-refractivity contribution in [3.05, 3.63) is 0 Å². The zero-order chi connectivity index (χ0) is 22.4. The highest BCUT2D eigenvalue weighted by Crippen LogP contribution is 2.67. The Labute approximate surface area is 186 Å². The van der Waals surface area contributed by atoms with E-state index in [4.69, 9.17) is 9.84 Å². The number of carbonyl (C=O) groups is 2. The Bertz CT molecular complexity index is 697. The molecule has 4 aliphatic rings. The minimum Gasteiger partial charge on any atom is -0.481 e. The zero-order valence-corrected chi connectivity index (χ0v) is 19.4. The van der Waals surface area contributed by atoms with Gasteiger partial charge in [0.2, 0.25) is 0 Å². The Morgan fingerprint density at radius 2 is 1.74 bits per heavy atom. The summed E-state index contributed by atoms with van der Waals surface area (Å²) in [7, 11) is 0. The summed E-state index contributed by atoms with van der Waals surface area (Å²) < 4.78 is 5.77. The minimum atomic E-state index is -0.590. The summed E-state index contributed by atoms with van der Waals surface area (Å²) in [5.41, 5.74) is 0.256. The SMILES string of the molecule is CC(CCO)NC(=O)OC1CC[C@@]2(C)C(CC[C@@H]3[C@@H]2CC[C@]2(C)C(C(=O)O)CC[C@@H]32)C1. The maximum Gasteiger partial charge on any atom is 0.407 e. The maximum absolute atomic E-state index is 12.2. The molecule has 4 saturated carbocycles. The van der Waals surface area contributed by atoms with Gasteiger partial charge in [-0.2, -0.15) is 0 Å². The number of carboxylic acid groups (broad SMARTS) is 1. The van der Waals surface area contributed by atoms with E-state index in [0.29, 0.717) is 30.1 Å². The average Bonchev–Trinajstić information content (AvgIpc) is 3.06. The first-order valence-electron chi connectivity index (χ1n) is 12.5. The Morgan fingerprint density at radius 1 is 1.03 bits per heavy atom. The van der Waals surface area contributed by atoms with Gasteiger partial charge in [0.1, 0.15) is 6.10 Å². The first-order chi connectivity index (χ1) is 14.7. The molecule has 4 rings (SSSR count). The van der Waals surface area contributed by atoms with Gasteiger partial charge in [-0.25, -0.2) is 4.79 Å². The van der Waals surface area contributed by atoms with Crippen molar-refractivity contribution in [1.82, 2.24) is 5.32 Å². The number of aliphatic hydroxyl groups excluding tert-OH is 1. The number of amides is 1. The second-order valence-corrected chi connectivity index (χ2v) is 11.5. The van der Waals surface area contributed by atoms with Crippen LogP contribution in [0.15, 0.2) is 0 Å². The van der Waals surface area contributed by atoms with E-state index in [2.05, 4.69) is 19.2 Å². The smallest absolute Gasteiger partial charge is 0.407 e. The van der Waals surface area contributed by atoms with Crippen molar-refractivity contribution in [3.63, 3.8) is 0 Å². The van der Waals surface area contributed by atoms with Crippen LogP contribution in [0.25, 0.3) is 0 Å². The predicted octanol–water partition coefficient (Wildman–Crippen LogP) is 4.60. The van der Waals surface area contributed by atoms with E-state index in [-0.39, 0.29) is 41.6 Å². The summed E-state index contributed by atoms with van der Waals surface area (Å²) in [5, 5.41) is 21.6. The van der Waals surface area contributed by atoms with Crippen molar-refractivity contribution >= 4 is 12.1 Å². The number of aliphatic carboxylic acids is 1. The molecule has 0 aliphatic heterocycles. The van der Waals surface area contributed by atoms with Crippen LogP contribution in [0.3, 0.4) is 0 Å². The number of nitrogens with one attached hydrogen (secondary N) is 1. The minimum absolute atomic E-state index is 0.0207. The van der Waals surface area contributed by atoms with E-state index < -0.39 is 5.97 Å². The predicted molar refractivity (Wildman–Crippen MR) is 117 cm³/mol. The third kappa shape index (κ3) is 3.98. The van der Waals surface area contributed by atoms with Crippen LogP contribution in [0, 0.1) is 40.4 Å². The van der Waals surface area contributed by atoms with Crippen LogP contribution in [0.1, 0.15) is 85.0 Å². The van der Waals surface area contributed by atoms with Crippen molar-refractivity contribution in [2.24, 2.45) is 40.4 Å². The summed E-state index contributed by atoms with van der Waals surface area (Å²) in [6.07, 6.45) is 9.60. The molecule has 6 heteroatoms. The molecule has 31 heavy (non-hydrogen) atoms. The number of ether oxygens (including phenoxy) is 1. The molecule has 0 heterocycles. The highest BCUT2D eigenvalue weighted by Gasteiger charge is 2.61. The third-order valence-electron chi connectivity index (χ3n) is 10.1. The number of fused-ring (bicyclic) bond motifs is 5. The van der Waals surface area contributed by atoms with Gasteiger partial charge in [-0.05, 0) is 106 Å². The molecule has 3 N–H and O–H groups in total. The largest absolute Gasteiger partial charge is 0.481 e. The molecule has 9 atom stereocenters. The quantitative estimate of drug-likeness (QED) is 0.587. The van der Waals surface area contributed by atoms with Crippen LogP contribution in [0.4, 0.5) is 4.79 Å². The molecule has 0 spiro atoms. The fourth-order valence-electron chi connectivity index (χ4n) is 8.38. The molecule has 0 radical (unpaired) electrons. The zero-order valence-electron chi connectivity index (χ0n) is 19.4. The second-order valence-electron chi connectivity index (χ2n) is 11.5. The number of aliphatic hydroxyl groups is 1. The lowest BCUT2D eigenvalue weighted by atomic mass is 9.44. The Morgan fingerprint density at radius 3 is 2.45 bits per heavy atom. The topological polar surface area (TPSA) is 95.9 Å². The highest BCUT2D eigenvalue weighted by molar-refractivity contribution is 5.71. The van der Waals surface area contributed by atoms with Crippen LogP contribution in [-0.2, 0) is 9.53 Å². The number of hydrogen-bond acceptors (Lipinski definition) is 4. The summed E-state index contributed by atoms with van der Waals surface area (Å²) in [6, 6.07) is -0.0839. The average molecular weight is 436 g/mol. The van der Waals surface area contributed by atoms with Crippen LogP contribution in [0.2, 0.25) is 0 Å². The fraction of sp³-hybridized carbons (Fsp3) is 0.920. The molecule has 4 fully saturated rings. The normalized spacial score (nSPS) is 45.0. The van der Waals surface area contributed by atoms with Crippen LogP contribution in [0.5, 0.6) is 0 Å². The van der Waals surface area contributed by atoms with Crippen molar-refractivity contribution in [1.29, 1.82) is 0 Å². The molecule has 176 valence electrons. The van der Waals surface area contributed by atoms with E-state index in [9.17, 15) is 14.7 Å². The van der Waals surface area contributed by atoms with E-state index in [1.54, 1.807) is 0 Å². The number of carboxylic acids is 1. The number of carbonyl (C=O) groups excluding carboxylic acids is 1. The lowest BCUT2D eigenvalue weighted by molar-refractivity contribution is -0.154.